The Balaban J connectivity index is 3.04. The minimum absolute atomic E-state index is 0.516. The number of para-hydroxylation sites is 1. The van der Waals surface area contributed by atoms with Crippen LogP contribution in [0.15, 0.2) is 24.3 Å². The molecule has 0 bridgehead atoms. The van der Waals surface area contributed by atoms with Crippen LogP contribution in [0.4, 0.5) is 0 Å². The zero-order valence-corrected chi connectivity index (χ0v) is 9.19. The third-order valence-corrected chi connectivity index (χ3v) is 1.95. The fourth-order valence-corrected chi connectivity index (χ4v) is 1.35. The van der Waals surface area contributed by atoms with Crippen molar-refractivity contribution in [2.24, 2.45) is 5.73 Å². The number of nitrogens with two attached hydrogens (primary N) is 1. The summed E-state index contributed by atoms with van der Waals surface area (Å²) in [6.07, 6.45) is 3.81. The van der Waals surface area contributed by atoms with Crippen LogP contribution in [0.3, 0.4) is 0 Å². The van der Waals surface area contributed by atoms with Gasteiger partial charge < -0.3 is 15.2 Å². The molecule has 1 rings (SSSR count). The predicted octanol–water partition coefficient (Wildman–Crippen LogP) is 2.07. The van der Waals surface area contributed by atoms with Crippen LogP contribution in [0, 0.1) is 0 Å². The van der Waals surface area contributed by atoms with Gasteiger partial charge in [0.25, 0.3) is 0 Å². The highest BCUT2D eigenvalue weighted by Gasteiger charge is 2.06. The Labute approximate surface area is 90.5 Å². The lowest BCUT2D eigenvalue weighted by atomic mass is 10.1. The van der Waals surface area contributed by atoms with Gasteiger partial charge in [-0.3, -0.25) is 0 Å². The molecule has 0 amide bonds. The molecule has 0 aliphatic heterocycles. The number of ether oxygens (including phenoxy) is 2. The maximum Gasteiger partial charge on any atom is 0.167 e. The minimum atomic E-state index is 0.516. The van der Waals surface area contributed by atoms with Gasteiger partial charge in [0, 0.05) is 12.1 Å². The van der Waals surface area contributed by atoms with Crippen LogP contribution in [0.1, 0.15) is 12.5 Å². The van der Waals surface area contributed by atoms with Crippen molar-refractivity contribution in [3.63, 3.8) is 0 Å². The summed E-state index contributed by atoms with van der Waals surface area (Å²) in [5, 5.41) is 0. The van der Waals surface area contributed by atoms with Crippen LogP contribution in [0.25, 0.3) is 6.08 Å². The molecule has 3 nitrogen and oxygen atoms in total. The van der Waals surface area contributed by atoms with Gasteiger partial charge in [0.05, 0.1) is 13.7 Å². The summed E-state index contributed by atoms with van der Waals surface area (Å²) in [4.78, 5) is 0. The van der Waals surface area contributed by atoms with E-state index in [4.69, 9.17) is 15.2 Å². The Bertz CT molecular complexity index is 334. The van der Waals surface area contributed by atoms with Gasteiger partial charge in [-0.25, -0.2) is 0 Å². The molecule has 0 radical (unpaired) electrons. The van der Waals surface area contributed by atoms with E-state index in [0.29, 0.717) is 13.2 Å². The molecule has 0 aliphatic rings. The molecule has 2 N–H and O–H groups in total. The van der Waals surface area contributed by atoms with Crippen LogP contribution < -0.4 is 15.2 Å². The lowest BCUT2D eigenvalue weighted by Gasteiger charge is -2.11. The number of hydrogen-bond donors (Lipinski definition) is 1. The average molecular weight is 207 g/mol. The van der Waals surface area contributed by atoms with Gasteiger partial charge in [0.15, 0.2) is 11.5 Å². The first-order valence-electron chi connectivity index (χ1n) is 4.99. The lowest BCUT2D eigenvalue weighted by Crippen LogP contribution is -1.97. The maximum atomic E-state index is 5.46. The second-order valence-corrected chi connectivity index (χ2v) is 2.95. The molecule has 1 aromatic carbocycles. The fraction of sp³-hybridized carbons (Fsp3) is 0.333. The molecule has 0 heterocycles. The van der Waals surface area contributed by atoms with Crippen molar-refractivity contribution in [1.82, 2.24) is 0 Å². The van der Waals surface area contributed by atoms with Crippen molar-refractivity contribution in [2.75, 3.05) is 20.3 Å². The number of hydrogen-bond acceptors (Lipinski definition) is 3. The highest BCUT2D eigenvalue weighted by molar-refractivity contribution is 5.62. The molecule has 0 aromatic heterocycles. The Morgan fingerprint density at radius 3 is 2.80 bits per heavy atom. The van der Waals surface area contributed by atoms with E-state index in [1.54, 1.807) is 7.11 Å². The molecule has 1 aromatic rings. The molecule has 0 saturated carbocycles. The Morgan fingerprint density at radius 2 is 2.20 bits per heavy atom. The summed E-state index contributed by atoms with van der Waals surface area (Å²) in [6, 6.07) is 5.79. The van der Waals surface area contributed by atoms with Crippen LogP contribution in [-0.2, 0) is 0 Å². The lowest BCUT2D eigenvalue weighted by molar-refractivity contribution is 0.310. The zero-order chi connectivity index (χ0) is 11.1. The SMILES string of the molecule is CCOc1cccc(/C=C/CN)c1OC. The first-order valence-corrected chi connectivity index (χ1v) is 4.99. The van der Waals surface area contributed by atoms with E-state index in [9.17, 15) is 0 Å². The summed E-state index contributed by atoms with van der Waals surface area (Å²) in [5.41, 5.74) is 6.39. The topological polar surface area (TPSA) is 44.5 Å². The summed E-state index contributed by atoms with van der Waals surface area (Å²) < 4.78 is 10.8. The Morgan fingerprint density at radius 1 is 1.40 bits per heavy atom. The molecular formula is C12H17NO2. The number of rotatable bonds is 5. The predicted molar refractivity (Wildman–Crippen MR) is 62.3 cm³/mol. The van der Waals surface area contributed by atoms with E-state index < -0.39 is 0 Å². The number of benzene rings is 1. The van der Waals surface area contributed by atoms with Crippen molar-refractivity contribution in [1.29, 1.82) is 0 Å². The van der Waals surface area contributed by atoms with Crippen LogP contribution in [0.5, 0.6) is 11.5 Å². The van der Waals surface area contributed by atoms with Crippen molar-refractivity contribution < 1.29 is 9.47 Å². The van der Waals surface area contributed by atoms with Crippen LogP contribution >= 0.6 is 0 Å². The van der Waals surface area contributed by atoms with E-state index in [0.717, 1.165) is 17.1 Å². The summed E-state index contributed by atoms with van der Waals surface area (Å²) in [6.45, 7) is 3.09. The Hall–Kier alpha value is -1.48. The molecule has 0 fully saturated rings. The van der Waals surface area contributed by atoms with Crippen molar-refractivity contribution in [3.05, 3.63) is 29.8 Å². The molecule has 0 atom stereocenters. The van der Waals surface area contributed by atoms with Crippen molar-refractivity contribution >= 4 is 6.08 Å². The largest absolute Gasteiger partial charge is 0.492 e. The van der Waals surface area contributed by atoms with E-state index in [1.807, 2.05) is 37.3 Å². The molecule has 15 heavy (non-hydrogen) atoms. The molecule has 3 heteroatoms. The van der Waals surface area contributed by atoms with Crippen LogP contribution in [-0.4, -0.2) is 20.3 Å². The third kappa shape index (κ3) is 2.99. The summed E-state index contributed by atoms with van der Waals surface area (Å²) in [7, 11) is 1.64. The van der Waals surface area contributed by atoms with E-state index in [2.05, 4.69) is 0 Å². The van der Waals surface area contributed by atoms with Gasteiger partial charge in [0.1, 0.15) is 0 Å². The van der Waals surface area contributed by atoms with Gasteiger partial charge in [-0.15, -0.1) is 0 Å². The zero-order valence-electron chi connectivity index (χ0n) is 9.19. The van der Waals surface area contributed by atoms with E-state index in [-0.39, 0.29) is 0 Å². The molecule has 82 valence electrons. The van der Waals surface area contributed by atoms with E-state index >= 15 is 0 Å². The van der Waals surface area contributed by atoms with Gasteiger partial charge in [-0.05, 0) is 13.0 Å². The fourth-order valence-electron chi connectivity index (χ4n) is 1.35. The van der Waals surface area contributed by atoms with Gasteiger partial charge in [0.2, 0.25) is 0 Å². The van der Waals surface area contributed by atoms with Crippen LogP contribution in [0.2, 0.25) is 0 Å². The highest BCUT2D eigenvalue weighted by Crippen LogP contribution is 2.31. The number of methoxy groups -OCH3 is 1. The van der Waals surface area contributed by atoms with Gasteiger partial charge in [-0.2, -0.15) is 0 Å². The van der Waals surface area contributed by atoms with Crippen molar-refractivity contribution in [3.8, 4) is 11.5 Å². The second-order valence-electron chi connectivity index (χ2n) is 2.95. The first kappa shape index (κ1) is 11.6. The summed E-state index contributed by atoms with van der Waals surface area (Å²) in [5.74, 6) is 1.52. The smallest absolute Gasteiger partial charge is 0.167 e. The Kier molecular flexibility index (Phi) is 4.71. The maximum absolute atomic E-state index is 5.46. The third-order valence-electron chi connectivity index (χ3n) is 1.95. The van der Waals surface area contributed by atoms with Crippen molar-refractivity contribution in [2.45, 2.75) is 6.92 Å². The molecule has 0 spiro atoms. The summed E-state index contributed by atoms with van der Waals surface area (Å²) >= 11 is 0. The first-order chi connectivity index (χ1) is 7.33. The van der Waals surface area contributed by atoms with Gasteiger partial charge >= 0.3 is 0 Å². The molecule has 0 unspecified atom stereocenters. The van der Waals surface area contributed by atoms with Gasteiger partial charge in [-0.1, -0.05) is 24.3 Å². The monoisotopic (exact) mass is 207 g/mol. The standard InChI is InChI=1S/C12H17NO2/c1-3-15-11-8-4-6-10(7-5-9-13)12(11)14-2/h4-8H,3,9,13H2,1-2H3/b7-5+. The highest BCUT2D eigenvalue weighted by atomic mass is 16.5. The molecular weight excluding hydrogens is 190 g/mol. The second kappa shape index (κ2) is 6.09. The molecule has 0 aliphatic carbocycles. The molecule has 0 saturated heterocycles. The minimum Gasteiger partial charge on any atom is -0.492 e. The average Bonchev–Trinajstić information content (AvgIpc) is 2.27. The van der Waals surface area contributed by atoms with E-state index in [1.165, 1.54) is 0 Å². The normalized spacial score (nSPS) is 10.6. The quantitative estimate of drug-likeness (QED) is 0.803.